The Morgan fingerprint density at radius 3 is 2.86 bits per heavy atom. The zero-order chi connectivity index (χ0) is 14.7. The van der Waals surface area contributed by atoms with Crippen molar-refractivity contribution in [2.75, 3.05) is 6.61 Å². The molecule has 0 bridgehead atoms. The molecule has 0 atom stereocenters. The van der Waals surface area contributed by atoms with E-state index >= 15 is 0 Å². The number of nitrogens with zero attached hydrogens (tertiary/aromatic N) is 1. The van der Waals surface area contributed by atoms with Crippen molar-refractivity contribution in [3.63, 3.8) is 0 Å². The molecule has 2 aromatic rings. The molecular weight excluding hydrogens is 280 g/mol. The zero-order valence-corrected chi connectivity index (χ0v) is 13.1. The van der Waals surface area contributed by atoms with E-state index in [1.807, 2.05) is 37.3 Å². The van der Waals surface area contributed by atoms with Crippen molar-refractivity contribution in [3.05, 3.63) is 40.7 Å². The minimum Gasteiger partial charge on any atom is -0.494 e. The van der Waals surface area contributed by atoms with Crippen molar-refractivity contribution in [2.45, 2.75) is 38.5 Å². The van der Waals surface area contributed by atoms with Crippen LogP contribution < -0.4 is 4.74 Å². The fraction of sp³-hybridized carbons (Fsp3) is 0.412. The number of ether oxygens (including phenoxy) is 1. The summed E-state index contributed by atoms with van der Waals surface area (Å²) in [4.78, 5) is 7.96. The van der Waals surface area contributed by atoms with E-state index in [1.54, 1.807) is 0 Å². The van der Waals surface area contributed by atoms with Crippen LogP contribution in [-0.2, 0) is 0 Å². The summed E-state index contributed by atoms with van der Waals surface area (Å²) in [6.45, 7) is 2.65. The van der Waals surface area contributed by atoms with Crippen LogP contribution >= 0.6 is 12.2 Å². The molecule has 1 fully saturated rings. The highest BCUT2D eigenvalue weighted by atomic mass is 32.1. The summed E-state index contributed by atoms with van der Waals surface area (Å²) in [6.07, 6.45) is 5.10. The molecule has 1 aliphatic carbocycles. The van der Waals surface area contributed by atoms with Crippen molar-refractivity contribution in [3.8, 4) is 17.1 Å². The van der Waals surface area contributed by atoms with Crippen LogP contribution in [0.5, 0.6) is 5.75 Å². The number of hydrogen-bond acceptors (Lipinski definition) is 3. The number of aromatic nitrogens is 2. The van der Waals surface area contributed by atoms with E-state index in [4.69, 9.17) is 17.0 Å². The lowest BCUT2D eigenvalue weighted by molar-refractivity contribution is 0.340. The number of H-pyrrole nitrogens is 1. The maximum absolute atomic E-state index is 5.56. The van der Waals surface area contributed by atoms with Gasteiger partial charge >= 0.3 is 0 Å². The quantitative estimate of drug-likeness (QED) is 0.819. The van der Waals surface area contributed by atoms with E-state index in [9.17, 15) is 0 Å². The SMILES string of the molecule is CCOc1cccc(-c2nc(=S)cc(C3CCCC3)[nH]2)c1. The summed E-state index contributed by atoms with van der Waals surface area (Å²) in [5.74, 6) is 2.30. The summed E-state index contributed by atoms with van der Waals surface area (Å²) in [5, 5.41) is 0. The number of rotatable bonds is 4. The molecule has 0 unspecified atom stereocenters. The molecule has 0 aliphatic heterocycles. The van der Waals surface area contributed by atoms with Gasteiger partial charge in [-0.2, -0.15) is 0 Å². The smallest absolute Gasteiger partial charge is 0.139 e. The van der Waals surface area contributed by atoms with Gasteiger partial charge in [-0.3, -0.25) is 0 Å². The molecular formula is C17H20N2OS. The maximum atomic E-state index is 5.56. The minimum atomic E-state index is 0.600. The lowest BCUT2D eigenvalue weighted by Crippen LogP contribution is -2.00. The van der Waals surface area contributed by atoms with Crippen molar-refractivity contribution in [1.29, 1.82) is 0 Å². The number of aromatic amines is 1. The molecule has 4 heteroatoms. The van der Waals surface area contributed by atoms with Gasteiger partial charge in [-0.15, -0.1) is 0 Å². The van der Waals surface area contributed by atoms with E-state index in [2.05, 4.69) is 9.97 Å². The van der Waals surface area contributed by atoms with E-state index in [-0.39, 0.29) is 0 Å². The summed E-state index contributed by atoms with van der Waals surface area (Å²) in [7, 11) is 0. The van der Waals surface area contributed by atoms with E-state index in [0.717, 1.165) is 17.1 Å². The first-order valence-electron chi connectivity index (χ1n) is 7.61. The minimum absolute atomic E-state index is 0.600. The number of nitrogens with one attached hydrogen (secondary N) is 1. The molecule has 1 aromatic heterocycles. The van der Waals surface area contributed by atoms with Crippen molar-refractivity contribution in [1.82, 2.24) is 9.97 Å². The average molecular weight is 300 g/mol. The summed E-state index contributed by atoms with van der Waals surface area (Å²) < 4.78 is 6.22. The summed E-state index contributed by atoms with van der Waals surface area (Å²) in [5.41, 5.74) is 2.25. The Kier molecular flexibility index (Phi) is 4.34. The van der Waals surface area contributed by atoms with Crippen LogP contribution in [0.2, 0.25) is 0 Å². The highest BCUT2D eigenvalue weighted by molar-refractivity contribution is 7.71. The highest BCUT2D eigenvalue weighted by Crippen LogP contribution is 2.33. The Balaban J connectivity index is 1.97. The van der Waals surface area contributed by atoms with Crippen LogP contribution in [0.4, 0.5) is 0 Å². The largest absolute Gasteiger partial charge is 0.494 e. The predicted molar refractivity (Wildman–Crippen MR) is 87.2 cm³/mol. The standard InChI is InChI=1S/C17H20N2OS/c1-2-20-14-9-5-8-13(10-14)17-18-15(11-16(21)19-17)12-6-3-4-7-12/h5,8-12H,2-4,6-7H2,1H3,(H,18,19,21). The number of benzene rings is 1. The van der Waals surface area contributed by atoms with Crippen LogP contribution in [0.3, 0.4) is 0 Å². The molecule has 110 valence electrons. The van der Waals surface area contributed by atoms with Gasteiger partial charge in [-0.1, -0.05) is 37.2 Å². The number of hydrogen-bond donors (Lipinski definition) is 1. The fourth-order valence-electron chi connectivity index (χ4n) is 2.97. The maximum Gasteiger partial charge on any atom is 0.139 e. The molecule has 3 nitrogen and oxygen atoms in total. The van der Waals surface area contributed by atoms with Crippen molar-refractivity contribution >= 4 is 12.2 Å². The van der Waals surface area contributed by atoms with Crippen molar-refractivity contribution < 1.29 is 4.74 Å². The van der Waals surface area contributed by atoms with Crippen LogP contribution in [0.25, 0.3) is 11.4 Å². The lowest BCUT2D eigenvalue weighted by atomic mass is 10.0. The third-order valence-electron chi connectivity index (χ3n) is 3.98. The average Bonchev–Trinajstić information content (AvgIpc) is 3.01. The Bertz CT molecular complexity index is 674. The molecule has 0 saturated heterocycles. The Hall–Kier alpha value is -1.68. The van der Waals surface area contributed by atoms with Gasteiger partial charge in [0.1, 0.15) is 16.2 Å². The van der Waals surface area contributed by atoms with Gasteiger partial charge in [0, 0.05) is 11.3 Å². The van der Waals surface area contributed by atoms with Crippen LogP contribution in [0.15, 0.2) is 30.3 Å². The van der Waals surface area contributed by atoms with Gasteiger partial charge < -0.3 is 9.72 Å². The summed E-state index contributed by atoms with van der Waals surface area (Å²) in [6, 6.07) is 10.0. The second-order valence-corrected chi connectivity index (χ2v) is 5.88. The molecule has 1 aliphatic rings. The molecule has 1 N–H and O–H groups in total. The highest BCUT2D eigenvalue weighted by Gasteiger charge is 2.18. The van der Waals surface area contributed by atoms with Crippen molar-refractivity contribution in [2.24, 2.45) is 0 Å². The first-order chi connectivity index (χ1) is 10.3. The Labute approximate surface area is 130 Å². The van der Waals surface area contributed by atoms with Gasteiger partial charge in [0.25, 0.3) is 0 Å². The van der Waals surface area contributed by atoms with Gasteiger partial charge in [0.05, 0.1) is 6.61 Å². The normalized spacial score (nSPS) is 15.3. The topological polar surface area (TPSA) is 37.9 Å². The second-order valence-electron chi connectivity index (χ2n) is 5.47. The molecule has 0 spiro atoms. The third-order valence-corrected chi connectivity index (χ3v) is 4.19. The summed E-state index contributed by atoms with van der Waals surface area (Å²) >= 11 is 5.34. The van der Waals surface area contributed by atoms with Gasteiger partial charge in [0.15, 0.2) is 0 Å². The molecule has 0 radical (unpaired) electrons. The van der Waals surface area contributed by atoms with E-state index in [0.29, 0.717) is 17.2 Å². The third kappa shape index (κ3) is 3.32. The monoisotopic (exact) mass is 300 g/mol. The van der Waals surface area contributed by atoms with E-state index in [1.165, 1.54) is 31.4 Å². The van der Waals surface area contributed by atoms with Crippen LogP contribution in [0.1, 0.15) is 44.2 Å². The Morgan fingerprint density at radius 2 is 2.10 bits per heavy atom. The molecule has 1 saturated carbocycles. The molecule has 0 amide bonds. The predicted octanol–water partition coefficient (Wildman–Crippen LogP) is 4.86. The first kappa shape index (κ1) is 14.3. The van der Waals surface area contributed by atoms with Gasteiger partial charge in [0.2, 0.25) is 0 Å². The molecule has 1 aromatic carbocycles. The lowest BCUT2D eigenvalue weighted by Gasteiger charge is -2.12. The zero-order valence-electron chi connectivity index (χ0n) is 12.3. The van der Waals surface area contributed by atoms with Gasteiger partial charge in [-0.25, -0.2) is 4.98 Å². The van der Waals surface area contributed by atoms with Crippen LogP contribution in [0, 0.1) is 4.64 Å². The molecule has 3 rings (SSSR count). The second kappa shape index (κ2) is 6.39. The molecule has 21 heavy (non-hydrogen) atoms. The van der Waals surface area contributed by atoms with Gasteiger partial charge in [-0.05, 0) is 43.9 Å². The van der Waals surface area contributed by atoms with E-state index < -0.39 is 0 Å². The first-order valence-corrected chi connectivity index (χ1v) is 8.01. The molecule has 1 heterocycles. The Morgan fingerprint density at radius 1 is 1.29 bits per heavy atom. The van der Waals surface area contributed by atoms with Crippen LogP contribution in [-0.4, -0.2) is 16.6 Å². The fourth-order valence-corrected chi connectivity index (χ4v) is 3.19.